The average molecular weight is 469 g/mol. The van der Waals surface area contributed by atoms with Gasteiger partial charge in [0, 0.05) is 33.8 Å². The Labute approximate surface area is 190 Å². The first-order chi connectivity index (χ1) is 13.9. The molecule has 3 aromatic rings. The number of aromatic nitrogens is 1. The predicted molar refractivity (Wildman–Crippen MR) is 127 cm³/mol. The van der Waals surface area contributed by atoms with Crippen molar-refractivity contribution in [1.29, 1.82) is 0 Å². The highest BCUT2D eigenvalue weighted by molar-refractivity contribution is 7.98. The zero-order valence-electron chi connectivity index (χ0n) is 16.6. The molecular formula is C22H23Cl2FN2S2. The highest BCUT2D eigenvalue weighted by Crippen LogP contribution is 2.38. The molecule has 1 atom stereocenters. The van der Waals surface area contributed by atoms with E-state index in [0.29, 0.717) is 22.6 Å². The predicted octanol–water partition coefficient (Wildman–Crippen LogP) is 7.71. The van der Waals surface area contributed by atoms with Crippen molar-refractivity contribution in [3.05, 3.63) is 68.8 Å². The normalized spacial score (nSPS) is 12.2. The van der Waals surface area contributed by atoms with Crippen LogP contribution >= 0.6 is 46.3 Å². The van der Waals surface area contributed by atoms with E-state index in [1.165, 1.54) is 12.1 Å². The van der Waals surface area contributed by atoms with Crippen LogP contribution in [0.2, 0.25) is 10.0 Å². The van der Waals surface area contributed by atoms with Gasteiger partial charge < -0.3 is 4.90 Å². The van der Waals surface area contributed by atoms with Gasteiger partial charge in [-0.1, -0.05) is 42.3 Å². The lowest BCUT2D eigenvalue weighted by molar-refractivity contribution is 0.614. The molecule has 1 aromatic heterocycles. The lowest BCUT2D eigenvalue weighted by atomic mass is 10.1. The van der Waals surface area contributed by atoms with E-state index >= 15 is 0 Å². The second kappa shape index (κ2) is 10.2. The number of thioether (sulfide) groups is 1. The summed E-state index contributed by atoms with van der Waals surface area (Å²) in [5.74, 6) is 0.772. The second-order valence-corrected chi connectivity index (χ2v) is 9.73. The van der Waals surface area contributed by atoms with Crippen LogP contribution in [0.15, 0.2) is 42.5 Å². The minimum absolute atomic E-state index is 0.221. The van der Waals surface area contributed by atoms with E-state index in [0.717, 1.165) is 39.0 Å². The molecule has 3 rings (SSSR count). The molecule has 1 unspecified atom stereocenters. The van der Waals surface area contributed by atoms with Crippen molar-refractivity contribution in [2.45, 2.75) is 32.9 Å². The molecule has 7 heteroatoms. The first-order valence-corrected chi connectivity index (χ1v) is 12.3. The molecule has 0 saturated heterocycles. The summed E-state index contributed by atoms with van der Waals surface area (Å²) in [5.41, 5.74) is 2.83. The molecule has 2 aromatic carbocycles. The van der Waals surface area contributed by atoms with E-state index in [-0.39, 0.29) is 5.82 Å². The van der Waals surface area contributed by atoms with Crippen molar-refractivity contribution in [1.82, 2.24) is 4.98 Å². The molecule has 0 amide bonds. The summed E-state index contributed by atoms with van der Waals surface area (Å²) in [6, 6.07) is 12.5. The van der Waals surface area contributed by atoms with Gasteiger partial charge in [0.15, 0.2) is 5.13 Å². The van der Waals surface area contributed by atoms with E-state index in [1.807, 2.05) is 36.0 Å². The maximum atomic E-state index is 13.4. The highest BCUT2D eigenvalue weighted by atomic mass is 35.5. The molecule has 0 N–H and O–H groups in total. The molecule has 0 aliphatic carbocycles. The smallest absolute Gasteiger partial charge is 0.186 e. The van der Waals surface area contributed by atoms with E-state index in [9.17, 15) is 4.39 Å². The van der Waals surface area contributed by atoms with Crippen LogP contribution in [0.5, 0.6) is 0 Å². The largest absolute Gasteiger partial charge is 0.340 e. The van der Waals surface area contributed by atoms with E-state index in [1.54, 1.807) is 17.4 Å². The minimum atomic E-state index is -0.221. The topological polar surface area (TPSA) is 16.1 Å². The number of rotatable bonds is 8. The fourth-order valence-electron chi connectivity index (χ4n) is 3.20. The molecule has 0 radical (unpaired) electrons. The molecular weight excluding hydrogens is 446 g/mol. The van der Waals surface area contributed by atoms with Crippen molar-refractivity contribution in [3.63, 3.8) is 0 Å². The van der Waals surface area contributed by atoms with Crippen molar-refractivity contribution in [3.8, 4) is 11.3 Å². The van der Waals surface area contributed by atoms with Crippen LogP contribution in [0.25, 0.3) is 11.3 Å². The number of anilines is 1. The van der Waals surface area contributed by atoms with Crippen LogP contribution in [0.4, 0.5) is 9.52 Å². The third kappa shape index (κ3) is 5.46. The van der Waals surface area contributed by atoms with Crippen LogP contribution in [0, 0.1) is 12.7 Å². The van der Waals surface area contributed by atoms with Crippen molar-refractivity contribution < 1.29 is 4.39 Å². The summed E-state index contributed by atoms with van der Waals surface area (Å²) >= 11 is 16.0. The maximum Gasteiger partial charge on any atom is 0.186 e. The Balaban J connectivity index is 2.00. The number of benzene rings is 2. The molecule has 0 aliphatic rings. The standard InChI is InChI=1S/C22H23Cl2FN2S2/c1-4-18(13-28-3)27(12-15-5-8-17(25)9-6-15)22-26-21(14(2)29-22)19-10-7-16(23)11-20(19)24/h5-11,18H,4,12-13H2,1-3H3. The van der Waals surface area contributed by atoms with Crippen LogP contribution in [-0.2, 0) is 6.54 Å². The van der Waals surface area contributed by atoms with Gasteiger partial charge in [-0.2, -0.15) is 11.8 Å². The lowest BCUT2D eigenvalue weighted by Gasteiger charge is -2.30. The molecule has 2 nitrogen and oxygen atoms in total. The van der Waals surface area contributed by atoms with E-state index in [2.05, 4.69) is 25.0 Å². The maximum absolute atomic E-state index is 13.4. The Hall–Kier alpha value is -1.27. The Morgan fingerprint density at radius 2 is 1.90 bits per heavy atom. The Bertz CT molecular complexity index is 960. The van der Waals surface area contributed by atoms with Gasteiger partial charge in [0.1, 0.15) is 5.82 Å². The molecule has 0 aliphatic heterocycles. The summed E-state index contributed by atoms with van der Waals surface area (Å²) in [7, 11) is 0. The number of halogens is 3. The molecule has 154 valence electrons. The molecule has 0 saturated carbocycles. The second-order valence-electron chi connectivity index (χ2n) is 6.80. The Kier molecular flexibility index (Phi) is 7.85. The zero-order chi connectivity index (χ0) is 21.0. The van der Waals surface area contributed by atoms with Crippen molar-refractivity contribution in [2.75, 3.05) is 16.9 Å². The third-order valence-corrected chi connectivity index (χ3v) is 7.03. The first-order valence-electron chi connectivity index (χ1n) is 9.35. The first kappa shape index (κ1) is 22.4. The summed E-state index contributed by atoms with van der Waals surface area (Å²) in [5, 5.41) is 2.16. The Morgan fingerprint density at radius 1 is 1.17 bits per heavy atom. The summed E-state index contributed by atoms with van der Waals surface area (Å²) in [4.78, 5) is 8.40. The SMILES string of the molecule is CCC(CSC)N(Cc1ccc(F)cc1)c1nc(-c2ccc(Cl)cc2Cl)c(C)s1. The molecule has 29 heavy (non-hydrogen) atoms. The molecule has 0 fully saturated rings. The van der Waals surface area contributed by atoms with Gasteiger partial charge in [-0.15, -0.1) is 11.3 Å². The quantitative estimate of drug-likeness (QED) is 0.336. The minimum Gasteiger partial charge on any atom is -0.340 e. The number of aryl methyl sites for hydroxylation is 1. The van der Waals surface area contributed by atoms with E-state index in [4.69, 9.17) is 28.2 Å². The number of hydrogen-bond acceptors (Lipinski definition) is 4. The number of nitrogens with zero attached hydrogens (tertiary/aromatic N) is 2. The van der Waals surface area contributed by atoms with Gasteiger partial charge in [-0.3, -0.25) is 0 Å². The van der Waals surface area contributed by atoms with Gasteiger partial charge >= 0.3 is 0 Å². The fourth-order valence-corrected chi connectivity index (χ4v) is 5.49. The van der Waals surface area contributed by atoms with Crippen molar-refractivity contribution >= 4 is 51.4 Å². The zero-order valence-corrected chi connectivity index (χ0v) is 19.7. The van der Waals surface area contributed by atoms with E-state index < -0.39 is 0 Å². The third-order valence-electron chi connectivity index (χ3n) is 4.75. The van der Waals surface area contributed by atoms with Crippen molar-refractivity contribution in [2.24, 2.45) is 0 Å². The van der Waals surface area contributed by atoms with Crippen LogP contribution in [-0.4, -0.2) is 23.0 Å². The summed E-state index contributed by atoms with van der Waals surface area (Å²) in [6.07, 6.45) is 3.11. The van der Waals surface area contributed by atoms with Crippen LogP contribution < -0.4 is 4.90 Å². The number of hydrogen-bond donors (Lipinski definition) is 0. The summed E-state index contributed by atoms with van der Waals surface area (Å²) in [6.45, 7) is 4.93. The fraction of sp³-hybridized carbons (Fsp3) is 0.318. The molecule has 1 heterocycles. The van der Waals surface area contributed by atoms with Crippen LogP contribution in [0.1, 0.15) is 23.8 Å². The van der Waals surface area contributed by atoms with Crippen LogP contribution in [0.3, 0.4) is 0 Å². The van der Waals surface area contributed by atoms with Gasteiger partial charge in [0.25, 0.3) is 0 Å². The van der Waals surface area contributed by atoms with Gasteiger partial charge in [0.05, 0.1) is 10.7 Å². The van der Waals surface area contributed by atoms with Gasteiger partial charge in [-0.05, 0) is 55.5 Å². The van der Waals surface area contributed by atoms with Gasteiger partial charge in [0.2, 0.25) is 0 Å². The Morgan fingerprint density at radius 3 is 2.52 bits per heavy atom. The summed E-state index contributed by atoms with van der Waals surface area (Å²) < 4.78 is 13.4. The monoisotopic (exact) mass is 468 g/mol. The van der Waals surface area contributed by atoms with Gasteiger partial charge in [-0.25, -0.2) is 9.37 Å². The lowest BCUT2D eigenvalue weighted by Crippen LogP contribution is -2.36. The molecule has 0 bridgehead atoms. The molecule has 0 spiro atoms. The average Bonchev–Trinajstić information content (AvgIpc) is 3.07. The number of thiazole rings is 1. The highest BCUT2D eigenvalue weighted by Gasteiger charge is 2.23.